The largest absolute Gasteiger partial charge is 0.489 e. The molecule has 0 saturated carbocycles. The van der Waals surface area contributed by atoms with Crippen LogP contribution in [0.25, 0.3) is 0 Å². The first-order valence-corrected chi connectivity index (χ1v) is 8.89. The van der Waals surface area contributed by atoms with Gasteiger partial charge >= 0.3 is 12.0 Å². The second-order valence-corrected chi connectivity index (χ2v) is 6.34. The van der Waals surface area contributed by atoms with Crippen LogP contribution in [0.3, 0.4) is 0 Å². The van der Waals surface area contributed by atoms with Crippen molar-refractivity contribution in [2.24, 2.45) is 5.92 Å². The summed E-state index contributed by atoms with van der Waals surface area (Å²) in [6.45, 7) is 7.86. The first-order valence-electron chi connectivity index (χ1n) is 8.89. The molecule has 2 N–H and O–H groups in total. The Balaban J connectivity index is 1.80. The fraction of sp³-hybridized carbons (Fsp3) is 0.182. The molecule has 3 rings (SSSR count). The quantitative estimate of drug-likeness (QED) is 0.571. The highest BCUT2D eigenvalue weighted by Gasteiger charge is 2.38. The van der Waals surface area contributed by atoms with E-state index >= 15 is 0 Å². The molecular weight excluding hydrogens is 356 g/mol. The zero-order valence-corrected chi connectivity index (χ0v) is 15.4. The van der Waals surface area contributed by atoms with Crippen LogP contribution in [0.2, 0.25) is 0 Å². The third kappa shape index (κ3) is 4.59. The number of hydrogen-bond donors (Lipinski definition) is 2. The lowest BCUT2D eigenvalue weighted by molar-refractivity contribution is -0.147. The van der Waals surface area contributed by atoms with Crippen molar-refractivity contribution in [1.82, 2.24) is 10.6 Å². The molecule has 2 atom stereocenters. The molecule has 0 aromatic heterocycles. The molecule has 28 heavy (non-hydrogen) atoms. The Kier molecular flexibility index (Phi) is 6.11. The monoisotopic (exact) mass is 378 g/mol. The number of nitrogens with one attached hydrogen (secondary N) is 2. The van der Waals surface area contributed by atoms with Gasteiger partial charge < -0.3 is 20.1 Å². The highest BCUT2D eigenvalue weighted by molar-refractivity contribution is 5.85. The molecule has 0 unspecified atom stereocenters. The standard InChI is InChI=1S/C22H22N2O4/c1-3-12-27-21(25)19-15(2)23-22(26)24-20(19)17-10-7-11-18(13-17)28-14-16-8-5-4-6-9-16/h3-11,13,19-20H,1-2,12,14H2,(H2,23,24,26)/t19-,20+/m0/s1. The van der Waals surface area contributed by atoms with Crippen molar-refractivity contribution in [2.45, 2.75) is 12.6 Å². The predicted octanol–water partition coefficient (Wildman–Crippen LogP) is 3.48. The van der Waals surface area contributed by atoms with Gasteiger partial charge in [-0.3, -0.25) is 4.79 Å². The highest BCUT2D eigenvalue weighted by Crippen LogP contribution is 2.32. The SMILES string of the molecule is C=CCOC(=O)[C@H]1C(=C)NC(=O)N[C@@H]1c1cccc(OCc2ccccc2)c1. The Morgan fingerprint density at radius 1 is 1.14 bits per heavy atom. The Bertz CT molecular complexity index is 879. The fourth-order valence-corrected chi connectivity index (χ4v) is 3.01. The minimum atomic E-state index is -0.762. The Labute approximate surface area is 163 Å². The zero-order valence-electron chi connectivity index (χ0n) is 15.4. The maximum Gasteiger partial charge on any atom is 0.319 e. The van der Waals surface area contributed by atoms with E-state index in [0.29, 0.717) is 18.1 Å². The van der Waals surface area contributed by atoms with Gasteiger partial charge in [0.15, 0.2) is 0 Å². The van der Waals surface area contributed by atoms with Crippen molar-refractivity contribution < 1.29 is 19.1 Å². The molecule has 6 heteroatoms. The van der Waals surface area contributed by atoms with Crippen LogP contribution in [0.4, 0.5) is 4.79 Å². The van der Waals surface area contributed by atoms with Crippen LogP contribution in [0.15, 0.2) is 79.5 Å². The van der Waals surface area contributed by atoms with E-state index in [1.54, 1.807) is 6.07 Å². The van der Waals surface area contributed by atoms with E-state index < -0.39 is 24.0 Å². The summed E-state index contributed by atoms with van der Waals surface area (Å²) in [4.78, 5) is 24.5. The van der Waals surface area contributed by atoms with Gasteiger partial charge in [0, 0.05) is 5.70 Å². The third-order valence-corrected chi connectivity index (χ3v) is 4.33. The number of esters is 1. The summed E-state index contributed by atoms with van der Waals surface area (Å²) < 4.78 is 11.0. The molecule has 144 valence electrons. The van der Waals surface area contributed by atoms with Crippen molar-refractivity contribution in [3.8, 4) is 5.75 Å². The van der Waals surface area contributed by atoms with E-state index in [4.69, 9.17) is 9.47 Å². The molecule has 2 amide bonds. The molecule has 0 radical (unpaired) electrons. The average molecular weight is 378 g/mol. The molecule has 1 heterocycles. The summed E-state index contributed by atoms with van der Waals surface area (Å²) in [6.07, 6.45) is 1.49. The van der Waals surface area contributed by atoms with E-state index in [-0.39, 0.29) is 6.61 Å². The van der Waals surface area contributed by atoms with E-state index in [9.17, 15) is 9.59 Å². The molecule has 6 nitrogen and oxygen atoms in total. The first kappa shape index (κ1) is 19.2. The van der Waals surface area contributed by atoms with Crippen molar-refractivity contribution in [2.75, 3.05) is 6.61 Å². The number of urea groups is 1. The number of ether oxygens (including phenoxy) is 2. The lowest BCUT2D eigenvalue weighted by atomic mass is 9.89. The maximum absolute atomic E-state index is 12.5. The third-order valence-electron chi connectivity index (χ3n) is 4.33. The molecule has 0 aliphatic carbocycles. The van der Waals surface area contributed by atoms with E-state index in [1.807, 2.05) is 48.5 Å². The van der Waals surface area contributed by atoms with Gasteiger partial charge in [-0.25, -0.2) is 4.79 Å². The number of carbonyl (C=O) groups excluding carboxylic acids is 2. The summed E-state index contributed by atoms with van der Waals surface area (Å²) in [5, 5.41) is 5.32. The van der Waals surface area contributed by atoms with Crippen LogP contribution >= 0.6 is 0 Å². The second-order valence-electron chi connectivity index (χ2n) is 6.34. The van der Waals surface area contributed by atoms with E-state index in [1.165, 1.54) is 6.08 Å². The topological polar surface area (TPSA) is 76.7 Å². The average Bonchev–Trinajstić information content (AvgIpc) is 2.71. The summed E-state index contributed by atoms with van der Waals surface area (Å²) in [7, 11) is 0. The maximum atomic E-state index is 12.5. The number of benzene rings is 2. The molecule has 1 fully saturated rings. The van der Waals surface area contributed by atoms with Gasteiger partial charge in [0.05, 0.1) is 6.04 Å². The molecule has 1 aliphatic rings. The molecule has 1 aliphatic heterocycles. The van der Waals surface area contributed by atoms with Crippen LogP contribution < -0.4 is 15.4 Å². The van der Waals surface area contributed by atoms with Gasteiger partial charge in [0.2, 0.25) is 0 Å². The number of rotatable bonds is 7. The lowest BCUT2D eigenvalue weighted by Crippen LogP contribution is -2.51. The first-order chi connectivity index (χ1) is 13.6. The van der Waals surface area contributed by atoms with Gasteiger partial charge in [-0.1, -0.05) is 61.7 Å². The Morgan fingerprint density at radius 2 is 1.93 bits per heavy atom. The molecule has 1 saturated heterocycles. The summed E-state index contributed by atoms with van der Waals surface area (Å²) >= 11 is 0. The van der Waals surface area contributed by atoms with Crippen molar-refractivity contribution in [1.29, 1.82) is 0 Å². The minimum absolute atomic E-state index is 0.0868. The number of amides is 2. The summed E-state index contributed by atoms with van der Waals surface area (Å²) in [5.41, 5.74) is 2.06. The van der Waals surface area contributed by atoms with Gasteiger partial charge in [-0.15, -0.1) is 0 Å². The van der Waals surface area contributed by atoms with Crippen molar-refractivity contribution in [3.05, 3.63) is 90.7 Å². The molecule has 0 bridgehead atoms. The van der Waals surface area contributed by atoms with Crippen LogP contribution in [-0.2, 0) is 16.1 Å². The second kappa shape index (κ2) is 8.90. The van der Waals surface area contributed by atoms with Gasteiger partial charge in [0.25, 0.3) is 0 Å². The zero-order chi connectivity index (χ0) is 19.9. The van der Waals surface area contributed by atoms with Crippen LogP contribution in [-0.4, -0.2) is 18.6 Å². The molecule has 0 spiro atoms. The predicted molar refractivity (Wildman–Crippen MR) is 105 cm³/mol. The fourth-order valence-electron chi connectivity index (χ4n) is 3.01. The number of carbonyl (C=O) groups is 2. The van der Waals surface area contributed by atoms with Crippen molar-refractivity contribution >= 4 is 12.0 Å². The Morgan fingerprint density at radius 3 is 2.68 bits per heavy atom. The molecule has 2 aromatic rings. The minimum Gasteiger partial charge on any atom is -0.489 e. The van der Waals surface area contributed by atoms with Crippen LogP contribution in [0, 0.1) is 5.92 Å². The molecule has 2 aromatic carbocycles. The van der Waals surface area contributed by atoms with Crippen molar-refractivity contribution in [3.63, 3.8) is 0 Å². The normalized spacial score (nSPS) is 18.6. The summed E-state index contributed by atoms with van der Waals surface area (Å²) in [5.74, 6) is -0.613. The van der Waals surface area contributed by atoms with Gasteiger partial charge in [-0.2, -0.15) is 0 Å². The lowest BCUT2D eigenvalue weighted by Gasteiger charge is -2.33. The molecular formula is C22H22N2O4. The van der Waals surface area contributed by atoms with Gasteiger partial charge in [0.1, 0.15) is 24.9 Å². The van der Waals surface area contributed by atoms with E-state index in [2.05, 4.69) is 23.8 Å². The van der Waals surface area contributed by atoms with Crippen LogP contribution in [0.1, 0.15) is 17.2 Å². The highest BCUT2D eigenvalue weighted by atomic mass is 16.5. The summed E-state index contributed by atoms with van der Waals surface area (Å²) in [6, 6.07) is 16.1. The smallest absolute Gasteiger partial charge is 0.319 e. The Hall–Kier alpha value is -3.54. The van der Waals surface area contributed by atoms with Gasteiger partial charge in [-0.05, 0) is 23.3 Å². The van der Waals surface area contributed by atoms with Crippen LogP contribution in [0.5, 0.6) is 5.75 Å². The van der Waals surface area contributed by atoms with E-state index in [0.717, 1.165) is 11.1 Å². The number of hydrogen-bond acceptors (Lipinski definition) is 4.